The Bertz CT molecular complexity index is 959. The number of aryl methyl sites for hydroxylation is 1. The smallest absolute Gasteiger partial charge is 0.220 e. The molecule has 0 saturated carbocycles. The van der Waals surface area contributed by atoms with Crippen LogP contribution in [0.25, 0.3) is 11.3 Å². The minimum absolute atomic E-state index is 0.121. The van der Waals surface area contributed by atoms with Crippen LogP contribution in [0.1, 0.15) is 30.8 Å². The normalized spacial score (nSPS) is 12.0. The molecule has 27 heavy (non-hydrogen) atoms. The number of nitrogens with zero attached hydrogens (tertiary/aromatic N) is 1. The second-order valence-corrected chi connectivity index (χ2v) is 6.46. The zero-order chi connectivity index (χ0) is 19.4. The Hall–Kier alpha value is -2.73. The fourth-order valence-electron chi connectivity index (χ4n) is 2.68. The number of aromatic nitrogens is 1. The lowest BCUT2D eigenvalue weighted by atomic mass is 10.1. The van der Waals surface area contributed by atoms with Crippen LogP contribution in [0.5, 0.6) is 0 Å². The van der Waals surface area contributed by atoms with Crippen molar-refractivity contribution >= 4 is 17.5 Å². The zero-order valence-electron chi connectivity index (χ0n) is 14.5. The summed E-state index contributed by atoms with van der Waals surface area (Å²) in [6.45, 7) is 1.63. The molecule has 0 spiro atoms. The van der Waals surface area contributed by atoms with E-state index in [4.69, 9.17) is 16.0 Å². The lowest BCUT2D eigenvalue weighted by Gasteiger charge is -2.14. The van der Waals surface area contributed by atoms with Crippen molar-refractivity contribution in [1.82, 2.24) is 10.3 Å². The average Bonchev–Trinajstić information content (AvgIpc) is 3.09. The molecule has 1 amide bonds. The van der Waals surface area contributed by atoms with Crippen molar-refractivity contribution in [3.63, 3.8) is 0 Å². The summed E-state index contributed by atoms with van der Waals surface area (Å²) in [5.74, 6) is -0.713. The Kier molecular flexibility index (Phi) is 5.86. The molecule has 1 N–H and O–H groups in total. The molecule has 7 heteroatoms. The maximum absolute atomic E-state index is 13.8. The quantitative estimate of drug-likeness (QED) is 0.638. The van der Waals surface area contributed by atoms with Crippen molar-refractivity contribution in [1.29, 1.82) is 0 Å². The van der Waals surface area contributed by atoms with E-state index >= 15 is 0 Å². The topological polar surface area (TPSA) is 55.1 Å². The molecule has 0 fully saturated rings. The molecule has 1 aromatic heterocycles. The highest BCUT2D eigenvalue weighted by molar-refractivity contribution is 6.33. The molecule has 1 atom stereocenters. The fraction of sp³-hybridized carbons (Fsp3) is 0.200. The van der Waals surface area contributed by atoms with E-state index in [1.807, 2.05) is 18.2 Å². The Labute approximate surface area is 160 Å². The molecule has 0 radical (unpaired) electrons. The van der Waals surface area contributed by atoms with E-state index in [0.717, 1.165) is 17.7 Å². The Morgan fingerprint density at radius 1 is 1.26 bits per heavy atom. The maximum Gasteiger partial charge on any atom is 0.220 e. The summed E-state index contributed by atoms with van der Waals surface area (Å²) in [5.41, 5.74) is 0.949. The number of hydrogen-bond acceptors (Lipinski definition) is 3. The van der Waals surface area contributed by atoms with Crippen molar-refractivity contribution in [2.24, 2.45) is 0 Å². The predicted molar refractivity (Wildman–Crippen MR) is 98.2 cm³/mol. The monoisotopic (exact) mass is 390 g/mol. The summed E-state index contributed by atoms with van der Waals surface area (Å²) >= 11 is 6.13. The fourth-order valence-corrected chi connectivity index (χ4v) is 2.90. The number of hydrogen-bond donors (Lipinski definition) is 1. The molecule has 0 saturated heterocycles. The Morgan fingerprint density at radius 2 is 2.04 bits per heavy atom. The van der Waals surface area contributed by atoms with Crippen LogP contribution in [0, 0.1) is 11.6 Å². The third-order valence-electron chi connectivity index (χ3n) is 4.07. The lowest BCUT2D eigenvalue weighted by molar-refractivity contribution is -0.121. The molecule has 1 heterocycles. The molecular weight excluding hydrogens is 374 g/mol. The van der Waals surface area contributed by atoms with E-state index in [9.17, 15) is 13.6 Å². The minimum atomic E-state index is -0.695. The highest BCUT2D eigenvalue weighted by Gasteiger charge is 2.15. The van der Waals surface area contributed by atoms with Crippen LogP contribution in [-0.4, -0.2) is 10.9 Å². The van der Waals surface area contributed by atoms with Gasteiger partial charge in [0.15, 0.2) is 11.7 Å². The molecule has 2 aromatic carbocycles. The molecule has 0 aliphatic rings. The Balaban J connectivity index is 1.57. The number of rotatable bonds is 6. The van der Waals surface area contributed by atoms with Crippen LogP contribution in [0.3, 0.4) is 0 Å². The van der Waals surface area contributed by atoms with Gasteiger partial charge in [0, 0.05) is 30.0 Å². The van der Waals surface area contributed by atoms with Gasteiger partial charge in [0.2, 0.25) is 5.91 Å². The van der Waals surface area contributed by atoms with Crippen LogP contribution in [-0.2, 0) is 11.2 Å². The number of carbonyl (C=O) groups excluding carboxylic acids is 1. The molecular formula is C20H17ClF2N2O2. The van der Waals surface area contributed by atoms with Gasteiger partial charge in [0.1, 0.15) is 11.6 Å². The van der Waals surface area contributed by atoms with Gasteiger partial charge in [-0.3, -0.25) is 4.79 Å². The molecule has 0 aliphatic heterocycles. The van der Waals surface area contributed by atoms with Crippen molar-refractivity contribution in [3.8, 4) is 11.3 Å². The van der Waals surface area contributed by atoms with Crippen LogP contribution in [0.15, 0.2) is 53.1 Å². The third kappa shape index (κ3) is 4.71. The number of nitrogens with one attached hydrogen (secondary N) is 1. The summed E-state index contributed by atoms with van der Waals surface area (Å²) in [5, 5.41) is 3.23. The summed E-state index contributed by atoms with van der Waals surface area (Å²) in [6.07, 6.45) is 1.97. The van der Waals surface area contributed by atoms with Gasteiger partial charge in [-0.15, -0.1) is 0 Å². The van der Waals surface area contributed by atoms with Gasteiger partial charge in [-0.2, -0.15) is 0 Å². The largest absolute Gasteiger partial charge is 0.441 e. The standard InChI is InChI=1S/C20H17ClF2N2O2/c1-12(14-7-6-13(22)10-17(14)23)25-19(26)8-9-20-24-11-18(27-20)15-4-2-3-5-16(15)21/h2-7,10-12H,8-9H2,1H3,(H,25,26). The second kappa shape index (κ2) is 8.31. The molecule has 0 bridgehead atoms. The summed E-state index contributed by atoms with van der Waals surface area (Å²) in [7, 11) is 0. The van der Waals surface area contributed by atoms with Gasteiger partial charge in [-0.25, -0.2) is 13.8 Å². The van der Waals surface area contributed by atoms with Gasteiger partial charge < -0.3 is 9.73 Å². The van der Waals surface area contributed by atoms with Crippen LogP contribution in [0.2, 0.25) is 5.02 Å². The molecule has 3 aromatic rings. The molecule has 4 nitrogen and oxygen atoms in total. The Morgan fingerprint density at radius 3 is 2.78 bits per heavy atom. The first-order valence-corrected chi connectivity index (χ1v) is 8.75. The molecule has 3 rings (SSSR count). The van der Waals surface area contributed by atoms with E-state index in [-0.39, 0.29) is 24.3 Å². The zero-order valence-corrected chi connectivity index (χ0v) is 15.3. The van der Waals surface area contributed by atoms with Gasteiger partial charge in [0.05, 0.1) is 17.3 Å². The first-order chi connectivity index (χ1) is 12.9. The van der Waals surface area contributed by atoms with Crippen molar-refractivity contribution in [2.75, 3.05) is 0 Å². The van der Waals surface area contributed by atoms with Gasteiger partial charge in [-0.1, -0.05) is 29.8 Å². The van der Waals surface area contributed by atoms with Crippen molar-refractivity contribution in [3.05, 3.63) is 76.8 Å². The van der Waals surface area contributed by atoms with E-state index < -0.39 is 17.7 Å². The van der Waals surface area contributed by atoms with Crippen molar-refractivity contribution in [2.45, 2.75) is 25.8 Å². The molecule has 140 valence electrons. The number of halogens is 3. The second-order valence-electron chi connectivity index (χ2n) is 6.05. The predicted octanol–water partition coefficient (Wildman–Crippen LogP) is 5.08. The minimum Gasteiger partial charge on any atom is -0.441 e. The van der Waals surface area contributed by atoms with E-state index in [1.54, 1.807) is 19.2 Å². The van der Waals surface area contributed by atoms with E-state index in [0.29, 0.717) is 16.7 Å². The van der Waals surface area contributed by atoms with Gasteiger partial charge >= 0.3 is 0 Å². The summed E-state index contributed by atoms with van der Waals surface area (Å²) in [6, 6.07) is 9.91. The maximum atomic E-state index is 13.8. The van der Waals surface area contributed by atoms with Gasteiger partial charge in [0.25, 0.3) is 0 Å². The third-order valence-corrected chi connectivity index (χ3v) is 4.39. The summed E-state index contributed by atoms with van der Waals surface area (Å²) < 4.78 is 32.4. The van der Waals surface area contributed by atoms with Crippen molar-refractivity contribution < 1.29 is 18.0 Å². The van der Waals surface area contributed by atoms with Crippen LogP contribution >= 0.6 is 11.6 Å². The summed E-state index contributed by atoms with van der Waals surface area (Å²) in [4.78, 5) is 16.3. The van der Waals surface area contributed by atoms with E-state index in [1.165, 1.54) is 6.07 Å². The average molecular weight is 391 g/mol. The number of amides is 1. The number of carbonyl (C=O) groups is 1. The van der Waals surface area contributed by atoms with Crippen LogP contribution in [0.4, 0.5) is 8.78 Å². The number of benzene rings is 2. The van der Waals surface area contributed by atoms with E-state index in [2.05, 4.69) is 10.3 Å². The van der Waals surface area contributed by atoms with Gasteiger partial charge in [-0.05, 0) is 25.1 Å². The lowest BCUT2D eigenvalue weighted by Crippen LogP contribution is -2.27. The number of oxazole rings is 1. The van der Waals surface area contributed by atoms with Crippen LogP contribution < -0.4 is 5.32 Å². The first kappa shape index (κ1) is 19.0. The first-order valence-electron chi connectivity index (χ1n) is 8.38. The molecule has 0 aliphatic carbocycles. The highest BCUT2D eigenvalue weighted by atomic mass is 35.5. The SMILES string of the molecule is CC(NC(=O)CCc1ncc(-c2ccccc2Cl)o1)c1ccc(F)cc1F. The molecule has 1 unspecified atom stereocenters. The highest BCUT2D eigenvalue weighted by Crippen LogP contribution is 2.28.